The van der Waals surface area contributed by atoms with E-state index >= 15 is 0 Å². The molecule has 1 aromatic heterocycles. The van der Waals surface area contributed by atoms with E-state index in [1.165, 1.54) is 16.4 Å². The number of fused-ring (bicyclic) bond motifs is 1. The zero-order valence-electron chi connectivity index (χ0n) is 17.0. The van der Waals surface area contributed by atoms with Crippen molar-refractivity contribution in [3.8, 4) is 0 Å². The van der Waals surface area contributed by atoms with Crippen LogP contribution in [0.1, 0.15) is 26.3 Å². The summed E-state index contributed by atoms with van der Waals surface area (Å²) in [5.74, 6) is -1.09. The average molecular weight is 442 g/mol. The van der Waals surface area contributed by atoms with Crippen LogP contribution in [-0.4, -0.2) is 62.4 Å². The normalized spacial score (nSPS) is 15.1. The van der Waals surface area contributed by atoms with Gasteiger partial charge in [0, 0.05) is 35.8 Å². The number of hydrogen-bond acceptors (Lipinski definition) is 6. The van der Waals surface area contributed by atoms with Gasteiger partial charge in [-0.2, -0.15) is 4.31 Å². The Labute approximate surface area is 179 Å². The number of H-pyrrole nitrogens is 1. The molecule has 0 unspecified atom stereocenters. The van der Waals surface area contributed by atoms with Crippen molar-refractivity contribution < 1.29 is 27.5 Å². The van der Waals surface area contributed by atoms with Gasteiger partial charge < -0.3 is 14.5 Å². The van der Waals surface area contributed by atoms with E-state index in [1.54, 1.807) is 19.2 Å². The van der Waals surface area contributed by atoms with Crippen LogP contribution in [0.15, 0.2) is 53.6 Å². The zero-order valence-corrected chi connectivity index (χ0v) is 17.8. The fourth-order valence-electron chi connectivity index (χ4n) is 3.51. The fourth-order valence-corrected chi connectivity index (χ4v) is 4.94. The largest absolute Gasteiger partial charge is 0.454 e. The van der Waals surface area contributed by atoms with Gasteiger partial charge in [0.05, 0.1) is 23.7 Å². The summed E-state index contributed by atoms with van der Waals surface area (Å²) >= 11 is 0. The van der Waals surface area contributed by atoms with Gasteiger partial charge in [-0.25, -0.2) is 13.2 Å². The number of aromatic nitrogens is 1. The SMILES string of the molecule is Cc1ccc(S(=O)(=O)N2CCOCC2)cc1C(=O)OCC(=O)c1c[nH]c2ccccc12. The minimum atomic E-state index is -3.75. The third-order valence-electron chi connectivity index (χ3n) is 5.26. The van der Waals surface area contributed by atoms with Gasteiger partial charge >= 0.3 is 5.97 Å². The van der Waals surface area contributed by atoms with Crippen molar-refractivity contribution in [3.05, 3.63) is 65.4 Å². The van der Waals surface area contributed by atoms with Crippen LogP contribution in [0, 0.1) is 6.92 Å². The first-order chi connectivity index (χ1) is 14.9. The number of carbonyl (C=O) groups is 2. The molecule has 162 valence electrons. The molecule has 0 spiro atoms. The molecule has 9 heteroatoms. The molecule has 0 bridgehead atoms. The van der Waals surface area contributed by atoms with Gasteiger partial charge in [0.1, 0.15) is 0 Å². The Kier molecular flexibility index (Phi) is 5.90. The van der Waals surface area contributed by atoms with E-state index in [9.17, 15) is 18.0 Å². The molecule has 3 aromatic rings. The Balaban J connectivity index is 1.50. The van der Waals surface area contributed by atoms with E-state index < -0.39 is 22.6 Å². The Morgan fingerprint density at radius 1 is 1.10 bits per heavy atom. The van der Waals surface area contributed by atoms with Crippen molar-refractivity contribution in [2.45, 2.75) is 11.8 Å². The molecular formula is C22H22N2O6S. The first kappa shape index (κ1) is 21.2. The number of esters is 1. The molecule has 0 aliphatic carbocycles. The number of benzene rings is 2. The number of rotatable bonds is 6. The molecule has 1 aliphatic rings. The van der Waals surface area contributed by atoms with Gasteiger partial charge in [-0.3, -0.25) is 4.79 Å². The predicted molar refractivity (Wildman–Crippen MR) is 114 cm³/mol. The topological polar surface area (TPSA) is 106 Å². The third-order valence-corrected chi connectivity index (χ3v) is 7.16. The van der Waals surface area contributed by atoms with Crippen molar-refractivity contribution in [3.63, 3.8) is 0 Å². The fraction of sp³-hybridized carbons (Fsp3) is 0.273. The standard InChI is InChI=1S/C22H22N2O6S/c1-15-6-7-16(31(27,28)24-8-10-29-11-9-24)12-18(15)22(26)30-14-21(25)19-13-23-20-5-3-2-4-17(19)20/h2-7,12-13,23H,8-11,14H2,1H3. The van der Waals surface area contributed by atoms with Gasteiger partial charge in [-0.15, -0.1) is 0 Å². The van der Waals surface area contributed by atoms with Crippen LogP contribution in [0.3, 0.4) is 0 Å². The van der Waals surface area contributed by atoms with Crippen molar-refractivity contribution in [2.75, 3.05) is 32.9 Å². The van der Waals surface area contributed by atoms with E-state index in [-0.39, 0.29) is 29.3 Å². The lowest BCUT2D eigenvalue weighted by atomic mass is 10.1. The quantitative estimate of drug-likeness (QED) is 0.465. The van der Waals surface area contributed by atoms with E-state index in [1.807, 2.05) is 24.3 Å². The number of nitrogens with zero attached hydrogens (tertiary/aromatic N) is 1. The summed E-state index contributed by atoms with van der Waals surface area (Å²) in [6.07, 6.45) is 1.58. The molecule has 0 atom stereocenters. The minimum Gasteiger partial charge on any atom is -0.454 e. The minimum absolute atomic E-state index is 0.00917. The van der Waals surface area contributed by atoms with Crippen LogP contribution >= 0.6 is 0 Å². The molecule has 1 aliphatic heterocycles. The van der Waals surface area contributed by atoms with E-state index in [2.05, 4.69) is 4.98 Å². The Morgan fingerprint density at radius 2 is 1.84 bits per heavy atom. The summed E-state index contributed by atoms with van der Waals surface area (Å²) in [6, 6.07) is 11.7. The van der Waals surface area contributed by atoms with Gasteiger partial charge in [0.2, 0.25) is 15.8 Å². The summed E-state index contributed by atoms with van der Waals surface area (Å²) in [6.45, 7) is 2.42. The summed E-state index contributed by atoms with van der Waals surface area (Å²) in [4.78, 5) is 28.2. The average Bonchev–Trinajstić information content (AvgIpc) is 3.22. The first-order valence-electron chi connectivity index (χ1n) is 9.83. The van der Waals surface area contributed by atoms with Crippen molar-refractivity contribution in [1.29, 1.82) is 0 Å². The Morgan fingerprint density at radius 3 is 2.61 bits per heavy atom. The van der Waals surface area contributed by atoms with Crippen molar-refractivity contribution in [1.82, 2.24) is 9.29 Å². The highest BCUT2D eigenvalue weighted by Gasteiger charge is 2.27. The van der Waals surface area contributed by atoms with Gasteiger partial charge in [-0.05, 0) is 30.7 Å². The molecule has 8 nitrogen and oxygen atoms in total. The van der Waals surface area contributed by atoms with Crippen molar-refractivity contribution >= 4 is 32.7 Å². The third kappa shape index (κ3) is 4.25. The summed E-state index contributed by atoms with van der Waals surface area (Å²) < 4.78 is 37.5. The van der Waals surface area contributed by atoms with Crippen LogP contribution in [0.2, 0.25) is 0 Å². The summed E-state index contributed by atoms with van der Waals surface area (Å²) in [5.41, 5.74) is 1.92. The summed E-state index contributed by atoms with van der Waals surface area (Å²) in [5, 5.41) is 0.748. The molecule has 4 rings (SSSR count). The maximum Gasteiger partial charge on any atom is 0.338 e. The predicted octanol–water partition coefficient (Wildman–Crippen LogP) is 2.54. The smallest absolute Gasteiger partial charge is 0.338 e. The Bertz CT molecular complexity index is 1240. The molecule has 0 saturated carbocycles. The lowest BCUT2D eigenvalue weighted by molar-refractivity contribution is 0.0474. The number of nitrogens with one attached hydrogen (secondary N) is 1. The van der Waals surface area contributed by atoms with Gasteiger partial charge in [0.15, 0.2) is 6.61 Å². The second-order valence-electron chi connectivity index (χ2n) is 7.24. The number of aryl methyl sites for hydroxylation is 1. The second kappa shape index (κ2) is 8.62. The van der Waals surface area contributed by atoms with Crippen LogP contribution in [0.5, 0.6) is 0 Å². The molecule has 31 heavy (non-hydrogen) atoms. The maximum atomic E-state index is 12.9. The van der Waals surface area contributed by atoms with Crippen LogP contribution in [0.4, 0.5) is 0 Å². The molecule has 0 amide bonds. The number of aromatic amines is 1. The molecular weight excluding hydrogens is 420 g/mol. The van der Waals surface area contributed by atoms with Gasteiger partial charge in [0.25, 0.3) is 0 Å². The highest BCUT2D eigenvalue weighted by Crippen LogP contribution is 2.22. The Hall–Kier alpha value is -3.01. The number of carbonyl (C=O) groups excluding carboxylic acids is 2. The number of hydrogen-bond donors (Lipinski definition) is 1. The molecule has 2 heterocycles. The number of para-hydroxylation sites is 1. The number of ketones is 1. The van der Waals surface area contributed by atoms with Crippen LogP contribution in [-0.2, 0) is 19.5 Å². The molecule has 2 aromatic carbocycles. The zero-order chi connectivity index (χ0) is 22.0. The number of ether oxygens (including phenoxy) is 2. The lowest BCUT2D eigenvalue weighted by Crippen LogP contribution is -2.40. The lowest BCUT2D eigenvalue weighted by Gasteiger charge is -2.26. The van der Waals surface area contributed by atoms with Crippen molar-refractivity contribution in [2.24, 2.45) is 0 Å². The summed E-state index contributed by atoms with van der Waals surface area (Å²) in [7, 11) is -3.75. The van der Waals surface area contributed by atoms with E-state index in [4.69, 9.17) is 9.47 Å². The van der Waals surface area contributed by atoms with Crippen LogP contribution < -0.4 is 0 Å². The number of Topliss-reactive ketones (excluding diaryl/α,β-unsaturated/α-hetero) is 1. The molecule has 1 N–H and O–H groups in total. The first-order valence-corrected chi connectivity index (χ1v) is 11.3. The second-order valence-corrected chi connectivity index (χ2v) is 9.18. The molecule has 1 saturated heterocycles. The monoisotopic (exact) mass is 442 g/mol. The maximum absolute atomic E-state index is 12.9. The van der Waals surface area contributed by atoms with E-state index in [0.29, 0.717) is 24.3 Å². The molecule has 0 radical (unpaired) electrons. The van der Waals surface area contributed by atoms with Crippen LogP contribution in [0.25, 0.3) is 10.9 Å². The van der Waals surface area contributed by atoms with Gasteiger partial charge in [-0.1, -0.05) is 24.3 Å². The number of sulfonamides is 1. The molecule has 1 fully saturated rings. The number of morpholine rings is 1. The highest BCUT2D eigenvalue weighted by atomic mass is 32.2. The highest BCUT2D eigenvalue weighted by molar-refractivity contribution is 7.89. The van der Waals surface area contributed by atoms with E-state index in [0.717, 1.165) is 10.9 Å².